The standard InChI is InChI=1S/C47H31NOS/c48-41-22-21-30-19-18-29-7-1-2-8-33(29)43(30)47(41)50-26-27-15-16-28-17-20-31(24-32(28)23-27)34-11-6-14-42-45(34)40-25-39-36-10-4-3-9-35(36)37-12-5-13-38(44(37)39)46(40)49-42/h1,3-7,9-25H,2,8,26,48H2. The zero-order valence-electron chi connectivity index (χ0n) is 27.3. The Morgan fingerprint density at radius 2 is 1.40 bits per heavy atom. The van der Waals surface area contributed by atoms with Crippen LogP contribution in [0.25, 0.3) is 93.7 Å². The van der Waals surface area contributed by atoms with E-state index in [0.717, 1.165) is 35.4 Å². The highest BCUT2D eigenvalue weighted by atomic mass is 32.2. The first-order valence-electron chi connectivity index (χ1n) is 17.4. The maximum absolute atomic E-state index is 6.70. The van der Waals surface area contributed by atoms with Crippen molar-refractivity contribution in [2.24, 2.45) is 0 Å². The summed E-state index contributed by atoms with van der Waals surface area (Å²) in [4.78, 5) is 1.20. The van der Waals surface area contributed by atoms with E-state index in [1.807, 2.05) is 11.8 Å². The zero-order chi connectivity index (χ0) is 32.9. The molecule has 0 fully saturated rings. The summed E-state index contributed by atoms with van der Waals surface area (Å²) in [7, 11) is 0. The lowest BCUT2D eigenvalue weighted by Crippen LogP contribution is -1.99. The molecule has 3 heteroatoms. The van der Waals surface area contributed by atoms with Gasteiger partial charge in [-0.05, 0) is 103 Å². The maximum atomic E-state index is 6.70. The fourth-order valence-corrected chi connectivity index (χ4v) is 9.72. The number of benzene rings is 8. The molecule has 0 aliphatic heterocycles. The number of hydrogen-bond acceptors (Lipinski definition) is 3. The van der Waals surface area contributed by atoms with Crippen LogP contribution in [0.15, 0.2) is 143 Å². The molecule has 0 atom stereocenters. The van der Waals surface area contributed by atoms with Crippen LogP contribution in [-0.2, 0) is 12.2 Å². The molecule has 0 radical (unpaired) electrons. The summed E-state index contributed by atoms with van der Waals surface area (Å²) in [6, 6.07) is 46.7. The van der Waals surface area contributed by atoms with Crippen LogP contribution in [0.5, 0.6) is 0 Å². The van der Waals surface area contributed by atoms with E-state index in [-0.39, 0.29) is 0 Å². The summed E-state index contributed by atoms with van der Waals surface area (Å²) < 4.78 is 6.70. The van der Waals surface area contributed by atoms with Gasteiger partial charge in [-0.25, -0.2) is 0 Å². The smallest absolute Gasteiger partial charge is 0.143 e. The molecular formula is C47H31NOS. The Bertz CT molecular complexity index is 2950. The van der Waals surface area contributed by atoms with Gasteiger partial charge in [0.2, 0.25) is 0 Å². The minimum Gasteiger partial charge on any atom is -0.455 e. The largest absolute Gasteiger partial charge is 0.455 e. The number of hydrogen-bond donors (Lipinski definition) is 1. The zero-order valence-corrected chi connectivity index (χ0v) is 28.1. The summed E-state index contributed by atoms with van der Waals surface area (Å²) >= 11 is 1.86. The molecule has 0 spiro atoms. The quantitative estimate of drug-likeness (QED) is 0.151. The molecule has 0 unspecified atom stereocenters. The first kappa shape index (κ1) is 28.1. The maximum Gasteiger partial charge on any atom is 0.143 e. The Morgan fingerprint density at radius 1 is 0.600 bits per heavy atom. The number of furan rings is 1. The first-order valence-corrected chi connectivity index (χ1v) is 18.4. The van der Waals surface area contributed by atoms with Crippen molar-refractivity contribution in [3.05, 3.63) is 150 Å². The molecule has 2 nitrogen and oxygen atoms in total. The molecule has 0 saturated carbocycles. The van der Waals surface area contributed by atoms with Crippen molar-refractivity contribution < 1.29 is 4.42 Å². The van der Waals surface area contributed by atoms with Crippen LogP contribution >= 0.6 is 11.8 Å². The number of anilines is 1. The number of fused-ring (bicyclic) bond motifs is 11. The van der Waals surface area contributed by atoms with Crippen molar-refractivity contribution in [3.63, 3.8) is 0 Å². The fraction of sp³-hybridized carbons (Fsp3) is 0.0638. The lowest BCUT2D eigenvalue weighted by molar-refractivity contribution is 0.673. The van der Waals surface area contributed by atoms with Gasteiger partial charge in [0, 0.05) is 43.3 Å². The first-order chi connectivity index (χ1) is 24.7. The van der Waals surface area contributed by atoms with Crippen molar-refractivity contribution in [2.45, 2.75) is 23.5 Å². The van der Waals surface area contributed by atoms with Crippen molar-refractivity contribution >= 4 is 77.8 Å². The molecule has 1 aromatic heterocycles. The molecule has 236 valence electrons. The van der Waals surface area contributed by atoms with Crippen molar-refractivity contribution in [1.29, 1.82) is 0 Å². The van der Waals surface area contributed by atoms with E-state index in [0.29, 0.717) is 0 Å². The van der Waals surface area contributed by atoms with E-state index in [2.05, 4.69) is 140 Å². The summed E-state index contributed by atoms with van der Waals surface area (Å²) in [6.07, 6.45) is 6.67. The lowest BCUT2D eigenvalue weighted by Gasteiger charge is -2.18. The monoisotopic (exact) mass is 657 g/mol. The van der Waals surface area contributed by atoms with Crippen molar-refractivity contribution in [3.8, 4) is 33.4 Å². The van der Waals surface area contributed by atoms with Crippen LogP contribution < -0.4 is 5.73 Å². The Morgan fingerprint density at radius 3 is 2.34 bits per heavy atom. The molecule has 1 heterocycles. The van der Waals surface area contributed by atoms with Crippen LogP contribution in [0.4, 0.5) is 5.69 Å². The van der Waals surface area contributed by atoms with Crippen molar-refractivity contribution in [1.82, 2.24) is 0 Å². The van der Waals surface area contributed by atoms with Crippen LogP contribution in [0.2, 0.25) is 0 Å². The molecule has 2 aliphatic rings. The summed E-state index contributed by atoms with van der Waals surface area (Å²) in [5.74, 6) is 0.851. The van der Waals surface area contributed by atoms with Gasteiger partial charge in [0.25, 0.3) is 0 Å². The molecule has 0 saturated heterocycles. The van der Waals surface area contributed by atoms with Crippen molar-refractivity contribution in [2.75, 3.05) is 5.73 Å². The average Bonchev–Trinajstić information content (AvgIpc) is 3.71. The number of nitrogens with two attached hydrogens (primary N) is 1. The third-order valence-electron chi connectivity index (χ3n) is 10.9. The molecule has 11 rings (SSSR count). The highest BCUT2D eigenvalue weighted by Crippen LogP contribution is 2.51. The van der Waals surface area contributed by atoms with E-state index in [1.165, 1.54) is 98.1 Å². The Labute approximate surface area is 293 Å². The van der Waals surface area contributed by atoms with Gasteiger partial charge >= 0.3 is 0 Å². The topological polar surface area (TPSA) is 39.2 Å². The minimum atomic E-state index is 0.851. The molecule has 9 aromatic rings. The number of nitrogen functional groups attached to an aromatic ring is 1. The van der Waals surface area contributed by atoms with E-state index in [9.17, 15) is 0 Å². The molecule has 2 N–H and O–H groups in total. The summed E-state index contributed by atoms with van der Waals surface area (Å²) in [6.45, 7) is 0. The third-order valence-corrected chi connectivity index (χ3v) is 12.1. The molecule has 8 aromatic carbocycles. The van der Waals surface area contributed by atoms with Gasteiger partial charge in [-0.3, -0.25) is 0 Å². The second kappa shape index (κ2) is 10.6. The SMILES string of the molecule is Nc1ccc2ccc3c(c2c1SCc1ccc2ccc(-c4cccc5oc6c7cccc8c7c(cc6c45)-c4ccccc4-8)cc2c1)CCC=C3. The number of thioether (sulfide) groups is 1. The van der Waals surface area contributed by atoms with E-state index in [4.69, 9.17) is 10.2 Å². The number of aryl methyl sites for hydroxylation is 1. The van der Waals surface area contributed by atoms with Gasteiger partial charge in [0.05, 0.1) is 0 Å². The van der Waals surface area contributed by atoms with Crippen LogP contribution in [0, 0.1) is 0 Å². The Kier molecular flexibility index (Phi) is 5.97. The van der Waals surface area contributed by atoms with Gasteiger partial charge in [0.15, 0.2) is 0 Å². The number of allylic oxidation sites excluding steroid dienone is 1. The van der Waals surface area contributed by atoms with Crippen LogP contribution in [0.3, 0.4) is 0 Å². The highest BCUT2D eigenvalue weighted by molar-refractivity contribution is 7.99. The van der Waals surface area contributed by atoms with E-state index >= 15 is 0 Å². The average molecular weight is 658 g/mol. The second-order valence-electron chi connectivity index (χ2n) is 13.7. The highest BCUT2D eigenvalue weighted by Gasteiger charge is 2.25. The Hall–Kier alpha value is -5.77. The molecule has 2 aliphatic carbocycles. The van der Waals surface area contributed by atoms with E-state index in [1.54, 1.807) is 0 Å². The van der Waals surface area contributed by atoms with Crippen LogP contribution in [-0.4, -0.2) is 0 Å². The van der Waals surface area contributed by atoms with Gasteiger partial charge in [-0.15, -0.1) is 11.8 Å². The fourth-order valence-electron chi connectivity index (χ4n) is 8.61. The summed E-state index contributed by atoms with van der Waals surface area (Å²) in [5.41, 5.74) is 21.0. The molecular weight excluding hydrogens is 627 g/mol. The predicted molar refractivity (Wildman–Crippen MR) is 214 cm³/mol. The molecule has 0 amide bonds. The van der Waals surface area contributed by atoms with Gasteiger partial charge in [-0.1, -0.05) is 115 Å². The summed E-state index contributed by atoms with van der Waals surface area (Å²) in [5, 5.41) is 9.88. The third kappa shape index (κ3) is 4.04. The predicted octanol–water partition coefficient (Wildman–Crippen LogP) is 13.2. The van der Waals surface area contributed by atoms with Gasteiger partial charge in [0.1, 0.15) is 11.2 Å². The van der Waals surface area contributed by atoms with E-state index < -0.39 is 0 Å². The second-order valence-corrected chi connectivity index (χ2v) is 14.7. The normalized spacial score (nSPS) is 13.2. The van der Waals surface area contributed by atoms with Gasteiger partial charge in [-0.2, -0.15) is 0 Å². The minimum absolute atomic E-state index is 0.851. The van der Waals surface area contributed by atoms with Crippen LogP contribution in [0.1, 0.15) is 23.1 Å². The Balaban J connectivity index is 1.02. The molecule has 50 heavy (non-hydrogen) atoms. The molecule has 0 bridgehead atoms. The van der Waals surface area contributed by atoms with Gasteiger partial charge < -0.3 is 10.2 Å². The lowest BCUT2D eigenvalue weighted by atomic mass is 9.91. The number of rotatable bonds is 4.